The molecule has 1 unspecified atom stereocenters. The van der Waals surface area contributed by atoms with E-state index >= 15 is 0 Å². The lowest BCUT2D eigenvalue weighted by Gasteiger charge is -2.15. The average Bonchev–Trinajstić information content (AvgIpc) is 3.40. The van der Waals surface area contributed by atoms with Crippen molar-refractivity contribution in [1.82, 2.24) is 14.5 Å². The van der Waals surface area contributed by atoms with Crippen LogP contribution in [0.3, 0.4) is 0 Å². The van der Waals surface area contributed by atoms with Crippen LogP contribution >= 0.6 is 0 Å². The Morgan fingerprint density at radius 1 is 1.09 bits per heavy atom. The highest BCUT2D eigenvalue weighted by Crippen LogP contribution is 2.31. The first-order valence-electron chi connectivity index (χ1n) is 9.78. The molecule has 1 saturated heterocycles. The molecule has 2 amide bonds. The predicted octanol–water partition coefficient (Wildman–Crippen LogP) is 2.09. The Balaban J connectivity index is 1.42. The van der Waals surface area contributed by atoms with Gasteiger partial charge in [-0.15, -0.1) is 5.10 Å². The van der Waals surface area contributed by atoms with Crippen LogP contribution in [0.15, 0.2) is 63.9 Å². The summed E-state index contributed by atoms with van der Waals surface area (Å²) in [5.74, 6) is -0.587. The van der Waals surface area contributed by atoms with E-state index in [1.54, 1.807) is 4.90 Å². The molecule has 1 fully saturated rings. The number of benzene rings is 2. The molecule has 1 aliphatic heterocycles. The van der Waals surface area contributed by atoms with E-state index in [-0.39, 0.29) is 40.6 Å². The van der Waals surface area contributed by atoms with Gasteiger partial charge in [-0.1, -0.05) is 23.3 Å². The summed E-state index contributed by atoms with van der Waals surface area (Å²) in [4.78, 5) is 26.6. The van der Waals surface area contributed by atoms with Crippen molar-refractivity contribution in [3.8, 4) is 0 Å². The predicted molar refractivity (Wildman–Crippen MR) is 116 cm³/mol. The molecule has 0 spiro atoms. The Labute approximate surface area is 184 Å². The van der Waals surface area contributed by atoms with E-state index in [1.165, 1.54) is 38.4 Å². The topological polar surface area (TPSA) is 126 Å². The van der Waals surface area contributed by atoms with Gasteiger partial charge in [-0.3, -0.25) is 14.9 Å². The van der Waals surface area contributed by atoms with Crippen LogP contribution < -0.4 is 10.2 Å². The van der Waals surface area contributed by atoms with E-state index in [1.807, 2.05) is 30.3 Å². The van der Waals surface area contributed by atoms with Crippen molar-refractivity contribution in [1.29, 1.82) is 0 Å². The molecule has 1 aliphatic rings. The molecular weight excluding hydrogens is 434 g/mol. The van der Waals surface area contributed by atoms with Gasteiger partial charge in [-0.05, 0) is 36.4 Å². The number of carbonyl (C=O) groups excluding carboxylic acids is 2. The maximum absolute atomic E-state index is 12.5. The number of para-hydroxylation sites is 1. The fraction of sp³-hybridized carbons (Fsp3) is 0.238. The van der Waals surface area contributed by atoms with Crippen LogP contribution in [0.4, 0.5) is 11.7 Å². The van der Waals surface area contributed by atoms with E-state index in [9.17, 15) is 18.0 Å². The SMILES string of the molecule is CN(C)S(=O)(=O)c1ccc(C(=O)Nc2nnc(C3CC(=O)N(c4ccccc4)C3)o2)cc1. The lowest BCUT2D eigenvalue weighted by atomic mass is 10.1. The molecule has 0 radical (unpaired) electrons. The molecule has 10 nitrogen and oxygen atoms in total. The fourth-order valence-electron chi connectivity index (χ4n) is 3.34. The first-order chi connectivity index (χ1) is 15.3. The molecule has 166 valence electrons. The van der Waals surface area contributed by atoms with Gasteiger partial charge in [0.15, 0.2) is 0 Å². The van der Waals surface area contributed by atoms with Gasteiger partial charge in [-0.25, -0.2) is 12.7 Å². The van der Waals surface area contributed by atoms with Crippen molar-refractivity contribution in [2.45, 2.75) is 17.2 Å². The third-order valence-corrected chi connectivity index (χ3v) is 6.93. The second-order valence-electron chi connectivity index (χ2n) is 7.45. The van der Waals surface area contributed by atoms with Gasteiger partial charge in [0.1, 0.15) is 0 Å². The Bertz CT molecular complexity index is 1240. The van der Waals surface area contributed by atoms with Crippen LogP contribution in [0.25, 0.3) is 0 Å². The van der Waals surface area contributed by atoms with Gasteiger partial charge in [0.25, 0.3) is 5.91 Å². The Kier molecular flexibility index (Phi) is 5.76. The molecule has 1 aromatic heterocycles. The minimum atomic E-state index is -3.58. The van der Waals surface area contributed by atoms with Gasteiger partial charge in [-0.2, -0.15) is 0 Å². The summed E-state index contributed by atoms with van der Waals surface area (Å²) in [5, 5.41) is 10.3. The standard InChI is InChI=1S/C21H21N5O5S/c1-25(2)32(29,30)17-10-8-14(9-11-17)19(28)22-21-24-23-20(31-21)15-12-18(27)26(13-15)16-6-4-3-5-7-16/h3-11,15H,12-13H2,1-2H3,(H,22,24,28). The van der Waals surface area contributed by atoms with Crippen molar-refractivity contribution < 1.29 is 22.4 Å². The highest BCUT2D eigenvalue weighted by Gasteiger charge is 2.35. The molecule has 0 aliphatic carbocycles. The van der Waals surface area contributed by atoms with Crippen molar-refractivity contribution in [3.63, 3.8) is 0 Å². The summed E-state index contributed by atoms with van der Waals surface area (Å²) in [5.41, 5.74) is 1.03. The maximum atomic E-state index is 12.5. The molecule has 0 bridgehead atoms. The first-order valence-corrected chi connectivity index (χ1v) is 11.2. The van der Waals surface area contributed by atoms with Crippen molar-refractivity contribution in [3.05, 3.63) is 66.1 Å². The zero-order chi connectivity index (χ0) is 22.9. The zero-order valence-corrected chi connectivity index (χ0v) is 18.2. The molecule has 3 aromatic rings. The molecule has 2 heterocycles. The van der Waals surface area contributed by atoms with E-state index < -0.39 is 15.9 Å². The van der Waals surface area contributed by atoms with E-state index in [4.69, 9.17) is 4.42 Å². The van der Waals surface area contributed by atoms with E-state index in [2.05, 4.69) is 15.5 Å². The highest BCUT2D eigenvalue weighted by atomic mass is 32.2. The van der Waals surface area contributed by atoms with Gasteiger partial charge >= 0.3 is 6.01 Å². The van der Waals surface area contributed by atoms with E-state index in [0.29, 0.717) is 6.54 Å². The zero-order valence-electron chi connectivity index (χ0n) is 17.4. The molecule has 32 heavy (non-hydrogen) atoms. The van der Waals surface area contributed by atoms with Crippen LogP contribution in [0.5, 0.6) is 0 Å². The van der Waals surface area contributed by atoms with Crippen LogP contribution in [0, 0.1) is 0 Å². The number of nitrogens with zero attached hydrogens (tertiary/aromatic N) is 4. The first kappa shape index (κ1) is 21.7. The Morgan fingerprint density at radius 3 is 2.44 bits per heavy atom. The largest absolute Gasteiger partial charge is 0.407 e. The Hall–Kier alpha value is -3.57. The molecule has 11 heteroatoms. The van der Waals surface area contributed by atoms with Gasteiger partial charge in [0.2, 0.25) is 21.8 Å². The third kappa shape index (κ3) is 4.25. The smallest absolute Gasteiger partial charge is 0.322 e. The number of sulfonamides is 1. The lowest BCUT2D eigenvalue weighted by Crippen LogP contribution is -2.24. The van der Waals surface area contributed by atoms with Crippen LogP contribution in [0.2, 0.25) is 0 Å². The quantitative estimate of drug-likeness (QED) is 0.603. The highest BCUT2D eigenvalue weighted by molar-refractivity contribution is 7.89. The van der Waals surface area contributed by atoms with Crippen LogP contribution in [-0.2, 0) is 14.8 Å². The second kappa shape index (κ2) is 8.52. The summed E-state index contributed by atoms with van der Waals surface area (Å²) in [6.45, 7) is 0.403. The molecule has 0 saturated carbocycles. The van der Waals surface area contributed by atoms with Crippen molar-refractivity contribution in [2.24, 2.45) is 0 Å². The second-order valence-corrected chi connectivity index (χ2v) is 9.60. The van der Waals surface area contributed by atoms with Gasteiger partial charge < -0.3 is 9.32 Å². The summed E-state index contributed by atoms with van der Waals surface area (Å²) in [6, 6.07) is 14.7. The molecule has 2 aromatic carbocycles. The number of amides is 2. The molecule has 1 atom stereocenters. The summed E-state index contributed by atoms with van der Waals surface area (Å²) < 4.78 is 30.9. The van der Waals surface area contributed by atoms with Crippen molar-refractivity contribution >= 4 is 33.5 Å². The molecule has 1 N–H and O–H groups in total. The van der Waals surface area contributed by atoms with Gasteiger partial charge in [0, 0.05) is 38.3 Å². The summed E-state index contributed by atoms with van der Waals surface area (Å²) >= 11 is 0. The monoisotopic (exact) mass is 455 g/mol. The van der Waals surface area contributed by atoms with Crippen molar-refractivity contribution in [2.75, 3.05) is 30.9 Å². The molecular formula is C21H21N5O5S. The minimum absolute atomic E-state index is 0.0437. The van der Waals surface area contributed by atoms with Crippen LogP contribution in [0.1, 0.15) is 28.6 Å². The van der Waals surface area contributed by atoms with Gasteiger partial charge in [0.05, 0.1) is 10.8 Å². The maximum Gasteiger partial charge on any atom is 0.322 e. The fourth-order valence-corrected chi connectivity index (χ4v) is 4.24. The number of rotatable bonds is 6. The van der Waals surface area contributed by atoms with Crippen LogP contribution in [-0.4, -0.2) is 55.4 Å². The number of hydrogen-bond acceptors (Lipinski definition) is 7. The summed E-state index contributed by atoms with van der Waals surface area (Å²) in [6.07, 6.45) is 0.228. The number of hydrogen-bond donors (Lipinski definition) is 1. The average molecular weight is 455 g/mol. The third-order valence-electron chi connectivity index (χ3n) is 5.10. The number of nitrogens with one attached hydrogen (secondary N) is 1. The normalized spacial score (nSPS) is 16.5. The number of anilines is 2. The Morgan fingerprint density at radius 2 is 1.78 bits per heavy atom. The minimum Gasteiger partial charge on any atom is -0.407 e. The summed E-state index contributed by atoms with van der Waals surface area (Å²) in [7, 11) is -0.723. The van der Waals surface area contributed by atoms with E-state index in [0.717, 1.165) is 9.99 Å². The molecule has 4 rings (SSSR count). The number of carbonyl (C=O) groups is 2. The number of aromatic nitrogens is 2. The lowest BCUT2D eigenvalue weighted by molar-refractivity contribution is -0.117.